The number of hydrogen-bond donors (Lipinski definition) is 1. The molecule has 0 aliphatic rings. The molecule has 0 saturated heterocycles. The van der Waals surface area contributed by atoms with E-state index in [-0.39, 0.29) is 5.91 Å². The van der Waals surface area contributed by atoms with E-state index < -0.39 is 5.70 Å². The van der Waals surface area contributed by atoms with Gasteiger partial charge in [0.15, 0.2) is 0 Å². The lowest BCUT2D eigenvalue weighted by molar-refractivity contribution is -0.119. The fourth-order valence-corrected chi connectivity index (χ4v) is 7.88. The first-order valence-electron chi connectivity index (χ1n) is 9.25. The van der Waals surface area contributed by atoms with Crippen LogP contribution in [0.25, 0.3) is 0 Å². The highest BCUT2D eigenvalue weighted by atomic mass is 35.5. The fourth-order valence-electron chi connectivity index (χ4n) is 2.32. The molecule has 0 fully saturated rings. The highest BCUT2D eigenvalue weighted by molar-refractivity contribution is 8.90. The summed E-state index contributed by atoms with van der Waals surface area (Å²) in [6.45, 7) is 2.18. The molecule has 3 nitrogen and oxygen atoms in total. The summed E-state index contributed by atoms with van der Waals surface area (Å²) >= 11 is 8.38. The van der Waals surface area contributed by atoms with Gasteiger partial charge in [-0.25, -0.2) is 0 Å². The molecule has 1 atom stereocenters. The van der Waals surface area contributed by atoms with E-state index in [0.717, 1.165) is 37.3 Å². The first-order valence-corrected chi connectivity index (χ1v) is 14.9. The maximum absolute atomic E-state index is 12.6. The minimum absolute atomic E-state index is 0.0594. The average Bonchev–Trinajstić information content (AvgIpc) is 2.57. The van der Waals surface area contributed by atoms with Gasteiger partial charge in [-0.3, -0.25) is 14.4 Å². The van der Waals surface area contributed by atoms with Crippen LogP contribution in [0.4, 0.5) is 0 Å². The van der Waals surface area contributed by atoms with Gasteiger partial charge in [-0.15, -0.1) is 11.6 Å². The van der Waals surface area contributed by atoms with Crippen LogP contribution in [0, 0.1) is 0 Å². The molecular formula is C17H35ClNO2PS2. The van der Waals surface area contributed by atoms with Crippen LogP contribution in [-0.4, -0.2) is 23.8 Å². The van der Waals surface area contributed by atoms with Gasteiger partial charge in [-0.2, -0.15) is 0 Å². The van der Waals surface area contributed by atoms with Crippen molar-refractivity contribution in [2.24, 2.45) is 0 Å². The van der Waals surface area contributed by atoms with Gasteiger partial charge in [0.05, 0.1) is 0 Å². The molecule has 24 heavy (non-hydrogen) atoms. The Morgan fingerprint density at radius 2 is 1.54 bits per heavy atom. The molecule has 0 radical (unpaired) electrons. The summed E-state index contributed by atoms with van der Waals surface area (Å²) < 4.78 is 12.6. The van der Waals surface area contributed by atoms with Crippen molar-refractivity contribution in [1.29, 1.82) is 0 Å². The van der Waals surface area contributed by atoms with Crippen molar-refractivity contribution in [3.8, 4) is 0 Å². The summed E-state index contributed by atoms with van der Waals surface area (Å²) in [5.41, 5.74) is -2.66. The Kier molecular flexibility index (Phi) is 17.6. The summed E-state index contributed by atoms with van der Waals surface area (Å²) in [5, 5.41) is 2.78. The highest BCUT2D eigenvalue weighted by Gasteiger charge is 2.23. The van der Waals surface area contributed by atoms with Gasteiger partial charge in [0.2, 0.25) is 5.91 Å². The van der Waals surface area contributed by atoms with E-state index >= 15 is 0 Å². The first-order chi connectivity index (χ1) is 11.6. The zero-order chi connectivity index (χ0) is 18.1. The molecule has 144 valence electrons. The van der Waals surface area contributed by atoms with Crippen molar-refractivity contribution in [2.45, 2.75) is 84.0 Å². The molecule has 0 aromatic rings. The molecule has 0 bridgehead atoms. The van der Waals surface area contributed by atoms with Gasteiger partial charge >= 0.3 is 0 Å². The largest absolute Gasteiger partial charge is 0.291 e. The second-order valence-corrected chi connectivity index (χ2v) is 14.3. The van der Waals surface area contributed by atoms with Crippen LogP contribution in [0.5, 0.6) is 0 Å². The molecule has 0 heterocycles. The molecule has 0 rings (SSSR count). The number of unbranched alkanes of at least 4 members (excludes halogenated alkanes) is 9. The van der Waals surface area contributed by atoms with Crippen LogP contribution in [0.3, 0.4) is 0 Å². The van der Waals surface area contributed by atoms with Gasteiger partial charge < -0.3 is 0 Å². The Labute approximate surface area is 162 Å². The monoisotopic (exact) mass is 415 g/mol. The smallest absolute Gasteiger partial charge is 0.279 e. The predicted octanol–water partition coefficient (Wildman–Crippen LogP) is 7.25. The van der Waals surface area contributed by atoms with Crippen molar-refractivity contribution < 1.29 is 9.36 Å². The molecule has 1 unspecified atom stereocenters. The Morgan fingerprint density at radius 3 is 2.12 bits per heavy atom. The number of alkyl halides is 1. The van der Waals surface area contributed by atoms with E-state index in [0.29, 0.717) is 6.42 Å². The quantitative estimate of drug-likeness (QED) is 0.154. The number of carbonyl (C=O) groups is 1. The Morgan fingerprint density at radius 1 is 0.958 bits per heavy atom. The number of hydrogen-bond acceptors (Lipinski definition) is 4. The molecule has 0 aliphatic heterocycles. The lowest BCUT2D eigenvalue weighted by Crippen LogP contribution is -2.17. The van der Waals surface area contributed by atoms with Gasteiger partial charge in [0.25, 0.3) is 5.70 Å². The van der Waals surface area contributed by atoms with Crippen molar-refractivity contribution >= 4 is 46.0 Å². The third kappa shape index (κ3) is 15.0. The Bertz CT molecular complexity index is 359. The van der Waals surface area contributed by atoms with Crippen molar-refractivity contribution in [1.82, 2.24) is 5.09 Å². The normalized spacial score (nSPS) is 13.6. The standard InChI is InChI=1S/C17H35ClNO2PS2/c1-3-4-5-13-16-24-22(21,23-2)19-17(20)14-11-9-7-6-8-10-12-15-18/h3-16H2,1-2H3,(H,19,20,21). The van der Waals surface area contributed by atoms with Crippen LogP contribution >= 0.6 is 40.1 Å². The van der Waals surface area contributed by atoms with E-state index in [4.69, 9.17) is 11.6 Å². The lowest BCUT2D eigenvalue weighted by Gasteiger charge is -2.16. The number of carbonyl (C=O) groups excluding carboxylic acids is 1. The Balaban J connectivity index is 3.75. The Hall–Kier alpha value is 0.690. The maximum Gasteiger partial charge on any atom is 0.279 e. The minimum atomic E-state index is -2.66. The van der Waals surface area contributed by atoms with E-state index in [1.54, 1.807) is 0 Å². The second-order valence-electron chi connectivity index (χ2n) is 6.02. The van der Waals surface area contributed by atoms with Crippen LogP contribution in [0.1, 0.15) is 84.0 Å². The fraction of sp³-hybridized carbons (Fsp3) is 0.941. The van der Waals surface area contributed by atoms with Crippen LogP contribution in [0.15, 0.2) is 0 Å². The summed E-state index contributed by atoms with van der Waals surface area (Å²) in [5.74, 6) is 1.56. The molecule has 1 N–H and O–H groups in total. The second kappa shape index (κ2) is 17.1. The summed E-state index contributed by atoms with van der Waals surface area (Å²) in [6, 6.07) is 0. The number of halogens is 1. The number of amides is 1. The molecule has 1 amide bonds. The summed E-state index contributed by atoms with van der Waals surface area (Å²) in [6.07, 6.45) is 14.9. The van der Waals surface area contributed by atoms with Crippen molar-refractivity contribution in [2.75, 3.05) is 17.9 Å². The van der Waals surface area contributed by atoms with Gasteiger partial charge in [0, 0.05) is 18.1 Å². The van der Waals surface area contributed by atoms with Crippen LogP contribution < -0.4 is 5.09 Å². The third-order valence-electron chi connectivity index (χ3n) is 3.80. The third-order valence-corrected chi connectivity index (χ3v) is 11.7. The molecule has 0 aliphatic carbocycles. The molecule has 7 heteroatoms. The average molecular weight is 416 g/mol. The van der Waals surface area contributed by atoms with E-state index in [1.165, 1.54) is 67.7 Å². The van der Waals surface area contributed by atoms with Crippen LogP contribution in [0.2, 0.25) is 0 Å². The van der Waals surface area contributed by atoms with E-state index in [9.17, 15) is 9.36 Å². The van der Waals surface area contributed by atoms with Gasteiger partial charge in [-0.1, -0.05) is 81.1 Å². The molecular weight excluding hydrogens is 381 g/mol. The molecule has 0 spiro atoms. The summed E-state index contributed by atoms with van der Waals surface area (Å²) in [7, 11) is 0. The summed E-state index contributed by atoms with van der Waals surface area (Å²) in [4.78, 5) is 12.0. The zero-order valence-corrected chi connectivity index (χ0v) is 18.6. The lowest BCUT2D eigenvalue weighted by atomic mass is 10.1. The maximum atomic E-state index is 12.6. The van der Waals surface area contributed by atoms with Gasteiger partial charge in [0.1, 0.15) is 0 Å². The molecule has 0 aromatic carbocycles. The molecule has 0 saturated carbocycles. The predicted molar refractivity (Wildman–Crippen MR) is 114 cm³/mol. The topological polar surface area (TPSA) is 46.2 Å². The van der Waals surface area contributed by atoms with Crippen molar-refractivity contribution in [3.05, 3.63) is 0 Å². The number of nitrogens with one attached hydrogen (secondary N) is 1. The van der Waals surface area contributed by atoms with Crippen molar-refractivity contribution in [3.63, 3.8) is 0 Å². The van der Waals surface area contributed by atoms with Gasteiger partial charge in [-0.05, 0) is 25.5 Å². The van der Waals surface area contributed by atoms with E-state index in [1.807, 2.05) is 6.26 Å². The molecule has 0 aromatic heterocycles. The zero-order valence-electron chi connectivity index (χ0n) is 15.4. The SMILES string of the molecule is CCCCCCSP(=O)(NC(=O)CCCCCCCCCCl)SC. The van der Waals surface area contributed by atoms with Crippen LogP contribution in [-0.2, 0) is 9.36 Å². The van der Waals surface area contributed by atoms with E-state index in [2.05, 4.69) is 12.0 Å². The highest BCUT2D eigenvalue weighted by Crippen LogP contribution is 2.64. The number of rotatable bonds is 17. The minimum Gasteiger partial charge on any atom is -0.291 e. The first kappa shape index (κ1) is 24.7.